The average molecular weight is 241 g/mol. The van der Waals surface area contributed by atoms with E-state index in [0.29, 0.717) is 23.5 Å². The highest BCUT2D eigenvalue weighted by molar-refractivity contribution is 5.98. The molecule has 90 valence electrons. The molecule has 1 aromatic carbocycles. The average Bonchev–Trinajstić information content (AvgIpc) is 2.87. The van der Waals surface area contributed by atoms with Gasteiger partial charge in [0.1, 0.15) is 0 Å². The monoisotopic (exact) mass is 241 g/mol. The van der Waals surface area contributed by atoms with E-state index in [2.05, 4.69) is 4.98 Å². The summed E-state index contributed by atoms with van der Waals surface area (Å²) >= 11 is 0. The van der Waals surface area contributed by atoms with E-state index in [1.54, 1.807) is 30.6 Å². The molecular weight excluding hydrogens is 230 g/mol. The fraction of sp³-hybridized carbons (Fsp3) is 0.143. The minimum absolute atomic E-state index is 0.0429. The van der Waals surface area contributed by atoms with E-state index in [1.165, 1.54) is 0 Å². The highest BCUT2D eigenvalue weighted by Gasteiger charge is 2.16. The number of fused-ring (bicyclic) bond motifs is 1. The van der Waals surface area contributed by atoms with Gasteiger partial charge in [0, 0.05) is 24.4 Å². The van der Waals surface area contributed by atoms with Gasteiger partial charge < -0.3 is 9.47 Å². The molecule has 0 amide bonds. The molecule has 0 saturated heterocycles. The summed E-state index contributed by atoms with van der Waals surface area (Å²) in [6.45, 7) is 0.218. The number of hydrogen-bond acceptors (Lipinski definition) is 4. The number of rotatable bonds is 3. The van der Waals surface area contributed by atoms with Crippen LogP contribution < -0.4 is 9.47 Å². The van der Waals surface area contributed by atoms with Crippen molar-refractivity contribution < 1.29 is 14.3 Å². The number of carbonyl (C=O) groups excluding carboxylic acids is 1. The summed E-state index contributed by atoms with van der Waals surface area (Å²) in [7, 11) is 0. The van der Waals surface area contributed by atoms with E-state index in [1.807, 2.05) is 12.1 Å². The number of ether oxygens (including phenoxy) is 2. The van der Waals surface area contributed by atoms with Crippen LogP contribution in [-0.4, -0.2) is 17.6 Å². The lowest BCUT2D eigenvalue weighted by Gasteiger charge is -2.02. The van der Waals surface area contributed by atoms with E-state index in [9.17, 15) is 4.79 Å². The predicted molar refractivity (Wildman–Crippen MR) is 64.8 cm³/mol. The quantitative estimate of drug-likeness (QED) is 0.773. The predicted octanol–water partition coefficient (Wildman–Crippen LogP) is 2.24. The van der Waals surface area contributed by atoms with E-state index >= 15 is 0 Å². The van der Waals surface area contributed by atoms with Gasteiger partial charge in [0.25, 0.3) is 0 Å². The van der Waals surface area contributed by atoms with Crippen LogP contribution in [0, 0.1) is 0 Å². The molecule has 4 heteroatoms. The van der Waals surface area contributed by atoms with Crippen molar-refractivity contribution in [3.8, 4) is 11.5 Å². The Balaban J connectivity index is 1.81. The molecule has 1 aromatic heterocycles. The molecule has 0 fully saturated rings. The second-order valence-electron chi connectivity index (χ2n) is 4.03. The number of pyridine rings is 1. The van der Waals surface area contributed by atoms with Gasteiger partial charge in [0.2, 0.25) is 6.79 Å². The van der Waals surface area contributed by atoms with Gasteiger partial charge in [-0.25, -0.2) is 0 Å². The Morgan fingerprint density at radius 1 is 1.22 bits per heavy atom. The molecule has 0 unspecified atom stereocenters. The standard InChI is InChI=1S/C14H11NO3/c16-12(6-10-2-1-5-15-8-10)11-3-4-13-14(7-11)18-9-17-13/h1-5,7-8H,6,9H2. The van der Waals surface area contributed by atoms with Gasteiger partial charge in [-0.2, -0.15) is 0 Å². The van der Waals surface area contributed by atoms with Crippen LogP contribution in [0.25, 0.3) is 0 Å². The Morgan fingerprint density at radius 3 is 2.94 bits per heavy atom. The molecule has 0 atom stereocenters. The molecular formula is C14H11NO3. The second-order valence-corrected chi connectivity index (χ2v) is 4.03. The largest absolute Gasteiger partial charge is 0.454 e. The summed E-state index contributed by atoms with van der Waals surface area (Å²) in [6, 6.07) is 8.95. The maximum absolute atomic E-state index is 12.1. The highest BCUT2D eigenvalue weighted by Crippen LogP contribution is 2.32. The van der Waals surface area contributed by atoms with Crippen LogP contribution in [0.15, 0.2) is 42.7 Å². The Bertz CT molecular complexity index is 581. The van der Waals surface area contributed by atoms with Gasteiger partial charge in [-0.3, -0.25) is 9.78 Å². The molecule has 0 N–H and O–H groups in total. The molecule has 1 aliphatic rings. The maximum atomic E-state index is 12.1. The number of nitrogens with zero attached hydrogens (tertiary/aromatic N) is 1. The minimum Gasteiger partial charge on any atom is -0.454 e. The topological polar surface area (TPSA) is 48.4 Å². The van der Waals surface area contributed by atoms with Crippen molar-refractivity contribution in [3.63, 3.8) is 0 Å². The molecule has 18 heavy (non-hydrogen) atoms. The molecule has 0 saturated carbocycles. The Morgan fingerprint density at radius 2 is 2.11 bits per heavy atom. The van der Waals surface area contributed by atoms with E-state index in [0.717, 1.165) is 5.56 Å². The third-order valence-corrected chi connectivity index (χ3v) is 2.78. The molecule has 1 aliphatic heterocycles. The first-order chi connectivity index (χ1) is 8.83. The normalized spacial score (nSPS) is 12.4. The first-order valence-electron chi connectivity index (χ1n) is 5.65. The lowest BCUT2D eigenvalue weighted by Crippen LogP contribution is -2.03. The van der Waals surface area contributed by atoms with Crippen LogP contribution in [-0.2, 0) is 6.42 Å². The van der Waals surface area contributed by atoms with Crippen molar-refractivity contribution in [1.29, 1.82) is 0 Å². The number of carbonyl (C=O) groups is 1. The SMILES string of the molecule is O=C(Cc1cccnc1)c1ccc2c(c1)OCO2. The van der Waals surface area contributed by atoms with Gasteiger partial charge in [0.15, 0.2) is 17.3 Å². The maximum Gasteiger partial charge on any atom is 0.231 e. The first kappa shape index (κ1) is 10.8. The van der Waals surface area contributed by atoms with Gasteiger partial charge in [-0.1, -0.05) is 6.07 Å². The second kappa shape index (κ2) is 4.49. The van der Waals surface area contributed by atoms with Gasteiger partial charge >= 0.3 is 0 Å². The molecule has 2 aromatic rings. The third kappa shape index (κ3) is 2.05. The number of hydrogen-bond donors (Lipinski definition) is 0. The van der Waals surface area contributed by atoms with E-state index < -0.39 is 0 Å². The van der Waals surface area contributed by atoms with Gasteiger partial charge in [-0.05, 0) is 29.8 Å². The Kier molecular flexibility index (Phi) is 2.68. The van der Waals surface area contributed by atoms with Crippen LogP contribution in [0.4, 0.5) is 0 Å². The third-order valence-electron chi connectivity index (χ3n) is 2.78. The van der Waals surface area contributed by atoms with Gasteiger partial charge in [0.05, 0.1) is 0 Å². The number of aromatic nitrogens is 1. The van der Waals surface area contributed by atoms with Crippen molar-refractivity contribution in [1.82, 2.24) is 4.98 Å². The summed E-state index contributed by atoms with van der Waals surface area (Å²) in [4.78, 5) is 16.1. The lowest BCUT2D eigenvalue weighted by atomic mass is 10.0. The fourth-order valence-electron chi connectivity index (χ4n) is 1.86. The van der Waals surface area contributed by atoms with Crippen LogP contribution in [0.1, 0.15) is 15.9 Å². The smallest absolute Gasteiger partial charge is 0.231 e. The van der Waals surface area contributed by atoms with Crippen molar-refractivity contribution in [2.24, 2.45) is 0 Å². The van der Waals surface area contributed by atoms with Crippen molar-refractivity contribution in [2.45, 2.75) is 6.42 Å². The fourth-order valence-corrected chi connectivity index (χ4v) is 1.86. The zero-order valence-corrected chi connectivity index (χ0v) is 9.63. The highest BCUT2D eigenvalue weighted by atomic mass is 16.7. The van der Waals surface area contributed by atoms with Crippen LogP contribution >= 0.6 is 0 Å². The summed E-state index contributed by atoms with van der Waals surface area (Å²) in [5.41, 5.74) is 1.53. The number of benzene rings is 1. The lowest BCUT2D eigenvalue weighted by molar-refractivity contribution is 0.0992. The van der Waals surface area contributed by atoms with Crippen LogP contribution in [0.2, 0.25) is 0 Å². The molecule has 0 aliphatic carbocycles. The van der Waals surface area contributed by atoms with Gasteiger partial charge in [-0.15, -0.1) is 0 Å². The van der Waals surface area contributed by atoms with E-state index in [-0.39, 0.29) is 12.6 Å². The molecule has 0 bridgehead atoms. The summed E-state index contributed by atoms with van der Waals surface area (Å²) in [6.07, 6.45) is 3.73. The van der Waals surface area contributed by atoms with E-state index in [4.69, 9.17) is 9.47 Å². The minimum atomic E-state index is 0.0429. The zero-order valence-electron chi connectivity index (χ0n) is 9.63. The van der Waals surface area contributed by atoms with Crippen LogP contribution in [0.5, 0.6) is 11.5 Å². The van der Waals surface area contributed by atoms with Crippen molar-refractivity contribution in [3.05, 3.63) is 53.9 Å². The molecule has 4 nitrogen and oxygen atoms in total. The first-order valence-corrected chi connectivity index (χ1v) is 5.65. The Hall–Kier alpha value is -2.36. The van der Waals surface area contributed by atoms with Crippen LogP contribution in [0.3, 0.4) is 0 Å². The van der Waals surface area contributed by atoms with Crippen molar-refractivity contribution in [2.75, 3.05) is 6.79 Å². The summed E-state index contributed by atoms with van der Waals surface area (Å²) in [5.74, 6) is 1.36. The molecule has 0 spiro atoms. The summed E-state index contributed by atoms with van der Waals surface area (Å²) in [5, 5.41) is 0. The molecule has 3 rings (SSSR count). The summed E-state index contributed by atoms with van der Waals surface area (Å²) < 4.78 is 10.5. The number of ketones is 1. The zero-order chi connectivity index (χ0) is 12.4. The van der Waals surface area contributed by atoms with Crippen molar-refractivity contribution >= 4 is 5.78 Å². The number of Topliss-reactive ketones (excluding diaryl/α,β-unsaturated/α-hetero) is 1. The Labute approximate surface area is 104 Å². The molecule has 0 radical (unpaired) electrons. The molecule has 2 heterocycles.